The molecule has 1 N–H and O–H groups in total. The van der Waals surface area contributed by atoms with Gasteiger partial charge >= 0.3 is 0 Å². The van der Waals surface area contributed by atoms with E-state index in [-0.39, 0.29) is 11.9 Å². The Morgan fingerprint density at radius 3 is 2.85 bits per heavy atom. The molecular weight excluding hydrogens is 255 g/mol. The fourth-order valence-corrected chi connectivity index (χ4v) is 3.16. The number of amides is 1. The quantitative estimate of drug-likeness (QED) is 0.861. The van der Waals surface area contributed by atoms with E-state index >= 15 is 0 Å². The van der Waals surface area contributed by atoms with Gasteiger partial charge in [0, 0.05) is 23.9 Å². The van der Waals surface area contributed by atoms with E-state index in [2.05, 4.69) is 31.1 Å². The normalized spacial score (nSPS) is 26.6. The smallest absolute Gasteiger partial charge is 0.251 e. The van der Waals surface area contributed by atoms with Crippen LogP contribution in [0.2, 0.25) is 0 Å². The summed E-state index contributed by atoms with van der Waals surface area (Å²) in [5.74, 6) is 0.861. The lowest BCUT2D eigenvalue weighted by molar-refractivity contribution is 0.0867. The maximum absolute atomic E-state index is 13.1. The average molecular weight is 278 g/mol. The summed E-state index contributed by atoms with van der Waals surface area (Å²) >= 11 is 0. The first kappa shape index (κ1) is 14.9. The van der Waals surface area contributed by atoms with Crippen molar-refractivity contribution in [2.45, 2.75) is 46.1 Å². The molecule has 3 atom stereocenters. The summed E-state index contributed by atoms with van der Waals surface area (Å²) in [4.78, 5) is 15.7. The molecule has 20 heavy (non-hydrogen) atoms. The molecule has 0 spiro atoms. The summed E-state index contributed by atoms with van der Waals surface area (Å²) in [5, 5.41) is 3.09. The highest BCUT2D eigenvalue weighted by atomic mass is 19.1. The predicted octanol–water partition coefficient (Wildman–Crippen LogP) is 3.41. The van der Waals surface area contributed by atoms with Gasteiger partial charge in [-0.2, -0.15) is 4.39 Å². The molecule has 0 saturated heterocycles. The number of nitrogens with zero attached hydrogens (tertiary/aromatic N) is 1. The van der Waals surface area contributed by atoms with Crippen molar-refractivity contribution in [1.29, 1.82) is 0 Å². The Morgan fingerprint density at radius 1 is 1.45 bits per heavy atom. The molecule has 1 fully saturated rings. The zero-order valence-electron chi connectivity index (χ0n) is 12.4. The van der Waals surface area contributed by atoms with Crippen LogP contribution in [0.5, 0.6) is 0 Å². The molecule has 1 aliphatic carbocycles. The van der Waals surface area contributed by atoms with Gasteiger partial charge in [-0.15, -0.1) is 0 Å². The highest BCUT2D eigenvalue weighted by Gasteiger charge is 2.31. The van der Waals surface area contributed by atoms with Gasteiger partial charge in [0.25, 0.3) is 5.91 Å². The number of hydrogen-bond acceptors (Lipinski definition) is 2. The van der Waals surface area contributed by atoms with E-state index in [1.807, 2.05) is 0 Å². The van der Waals surface area contributed by atoms with Crippen molar-refractivity contribution in [1.82, 2.24) is 10.3 Å². The van der Waals surface area contributed by atoms with Crippen LogP contribution in [-0.2, 0) is 0 Å². The minimum absolute atomic E-state index is 0.183. The summed E-state index contributed by atoms with van der Waals surface area (Å²) in [6.07, 6.45) is 4.70. The zero-order chi connectivity index (χ0) is 14.7. The lowest BCUT2D eigenvalue weighted by Crippen LogP contribution is -2.45. The fraction of sp³-hybridized carbons (Fsp3) is 0.625. The van der Waals surface area contributed by atoms with Crippen molar-refractivity contribution >= 4 is 5.91 Å². The predicted molar refractivity (Wildman–Crippen MR) is 76.8 cm³/mol. The third kappa shape index (κ3) is 3.56. The molecule has 1 saturated carbocycles. The van der Waals surface area contributed by atoms with Crippen LogP contribution in [-0.4, -0.2) is 16.9 Å². The Bertz CT molecular complexity index is 475. The summed E-state index contributed by atoms with van der Waals surface area (Å²) in [7, 11) is 0. The molecular formula is C16H23FN2O. The zero-order valence-corrected chi connectivity index (χ0v) is 12.4. The second-order valence-electron chi connectivity index (χ2n) is 6.27. The molecule has 4 heteroatoms. The monoisotopic (exact) mass is 278 g/mol. The number of rotatable bonds is 3. The molecule has 0 radical (unpaired) electrons. The lowest BCUT2D eigenvalue weighted by Gasteiger charge is -2.37. The average Bonchev–Trinajstić information content (AvgIpc) is 2.38. The van der Waals surface area contributed by atoms with E-state index in [0.717, 1.165) is 12.8 Å². The maximum Gasteiger partial charge on any atom is 0.251 e. The topological polar surface area (TPSA) is 42.0 Å². The van der Waals surface area contributed by atoms with Crippen molar-refractivity contribution < 1.29 is 9.18 Å². The minimum Gasteiger partial charge on any atom is -0.349 e. The van der Waals surface area contributed by atoms with E-state index in [1.165, 1.54) is 18.7 Å². The fourth-order valence-electron chi connectivity index (χ4n) is 3.16. The largest absolute Gasteiger partial charge is 0.349 e. The number of nitrogens with one attached hydrogen (secondary N) is 1. The van der Waals surface area contributed by atoms with Crippen LogP contribution < -0.4 is 5.32 Å². The molecule has 3 unspecified atom stereocenters. The molecule has 1 aromatic heterocycles. The van der Waals surface area contributed by atoms with Crippen LogP contribution in [0.3, 0.4) is 0 Å². The maximum atomic E-state index is 13.1. The first-order chi connectivity index (χ1) is 9.47. The van der Waals surface area contributed by atoms with E-state index < -0.39 is 5.95 Å². The van der Waals surface area contributed by atoms with E-state index in [9.17, 15) is 9.18 Å². The summed E-state index contributed by atoms with van der Waals surface area (Å²) in [5.41, 5.74) is 0.346. The van der Waals surface area contributed by atoms with Crippen molar-refractivity contribution in [2.24, 2.45) is 17.8 Å². The van der Waals surface area contributed by atoms with Crippen LogP contribution in [0.25, 0.3) is 0 Å². The Kier molecular flexibility index (Phi) is 4.73. The Hall–Kier alpha value is -1.45. The number of aromatic nitrogens is 1. The third-order valence-corrected chi connectivity index (χ3v) is 4.33. The number of hydrogen-bond donors (Lipinski definition) is 1. The lowest BCUT2D eigenvalue weighted by atomic mass is 9.74. The van der Waals surface area contributed by atoms with Crippen LogP contribution in [0, 0.1) is 23.7 Å². The van der Waals surface area contributed by atoms with Crippen LogP contribution in [0.15, 0.2) is 18.3 Å². The molecule has 1 aromatic rings. The standard InChI is InChI=1S/C16H23FN2O/c1-10(2)13-5-4-11(3)8-14(13)19-16(20)12-6-7-18-15(17)9-12/h6-7,9-11,13-14H,4-5,8H2,1-3H3,(H,19,20). The van der Waals surface area contributed by atoms with Crippen molar-refractivity contribution in [3.05, 3.63) is 29.8 Å². The van der Waals surface area contributed by atoms with Crippen LogP contribution in [0.1, 0.15) is 50.4 Å². The summed E-state index contributed by atoms with van der Waals surface area (Å²) in [6.45, 7) is 6.62. The van der Waals surface area contributed by atoms with Gasteiger partial charge in [0.05, 0.1) is 0 Å². The van der Waals surface area contributed by atoms with E-state index in [1.54, 1.807) is 6.07 Å². The van der Waals surface area contributed by atoms with Gasteiger partial charge in [-0.25, -0.2) is 4.98 Å². The van der Waals surface area contributed by atoms with E-state index in [0.29, 0.717) is 23.3 Å². The molecule has 1 heterocycles. The van der Waals surface area contributed by atoms with Gasteiger partial charge < -0.3 is 5.32 Å². The van der Waals surface area contributed by atoms with Gasteiger partial charge in [-0.1, -0.05) is 27.2 Å². The molecule has 110 valence electrons. The molecule has 1 aliphatic rings. The van der Waals surface area contributed by atoms with Crippen LogP contribution >= 0.6 is 0 Å². The number of carbonyl (C=O) groups excluding carboxylic acids is 1. The summed E-state index contributed by atoms with van der Waals surface area (Å²) in [6, 6.07) is 2.92. The molecule has 0 aromatic carbocycles. The molecule has 0 bridgehead atoms. The van der Waals surface area contributed by atoms with Gasteiger partial charge in [0.2, 0.25) is 5.95 Å². The van der Waals surface area contributed by atoms with Gasteiger partial charge in [-0.05, 0) is 36.7 Å². The second-order valence-corrected chi connectivity index (χ2v) is 6.27. The Labute approximate surface area is 120 Å². The first-order valence-corrected chi connectivity index (χ1v) is 7.39. The first-order valence-electron chi connectivity index (χ1n) is 7.39. The highest BCUT2D eigenvalue weighted by molar-refractivity contribution is 5.94. The minimum atomic E-state index is -0.616. The number of pyridine rings is 1. The Morgan fingerprint density at radius 2 is 2.20 bits per heavy atom. The van der Waals surface area contributed by atoms with Crippen molar-refractivity contribution in [3.8, 4) is 0 Å². The number of halogens is 1. The number of carbonyl (C=O) groups is 1. The second kappa shape index (κ2) is 6.33. The molecule has 2 rings (SSSR count). The Balaban J connectivity index is 2.08. The van der Waals surface area contributed by atoms with Crippen molar-refractivity contribution in [3.63, 3.8) is 0 Å². The molecule has 1 amide bonds. The summed E-state index contributed by atoms with van der Waals surface area (Å²) < 4.78 is 13.1. The van der Waals surface area contributed by atoms with Crippen LogP contribution in [0.4, 0.5) is 4.39 Å². The third-order valence-electron chi connectivity index (χ3n) is 4.33. The molecule has 3 nitrogen and oxygen atoms in total. The van der Waals surface area contributed by atoms with Gasteiger partial charge in [0.1, 0.15) is 0 Å². The van der Waals surface area contributed by atoms with Gasteiger partial charge in [0.15, 0.2) is 0 Å². The van der Waals surface area contributed by atoms with Crippen molar-refractivity contribution in [2.75, 3.05) is 0 Å². The SMILES string of the molecule is CC1CCC(C(C)C)C(NC(=O)c2ccnc(F)c2)C1. The highest BCUT2D eigenvalue weighted by Crippen LogP contribution is 2.33. The van der Waals surface area contributed by atoms with E-state index in [4.69, 9.17) is 0 Å². The molecule has 0 aliphatic heterocycles. The van der Waals surface area contributed by atoms with Gasteiger partial charge in [-0.3, -0.25) is 4.79 Å².